The van der Waals surface area contributed by atoms with E-state index < -0.39 is 0 Å². The van der Waals surface area contributed by atoms with E-state index >= 15 is 0 Å². The zero-order valence-electron chi connectivity index (χ0n) is 12.3. The summed E-state index contributed by atoms with van der Waals surface area (Å²) in [7, 11) is 0. The monoisotopic (exact) mass is 305 g/mol. The van der Waals surface area contributed by atoms with Crippen LogP contribution in [0.15, 0.2) is 67.1 Å². The van der Waals surface area contributed by atoms with Crippen LogP contribution in [0.2, 0.25) is 0 Å². The van der Waals surface area contributed by atoms with E-state index in [2.05, 4.69) is 25.6 Å². The van der Waals surface area contributed by atoms with E-state index in [4.69, 9.17) is 0 Å². The normalized spacial score (nSPS) is 10.1. The Kier molecular flexibility index (Phi) is 4.54. The molecule has 0 unspecified atom stereocenters. The molecule has 0 aliphatic heterocycles. The molecule has 114 valence electrons. The first-order valence-electron chi connectivity index (χ1n) is 7.13. The second-order valence-electron chi connectivity index (χ2n) is 4.80. The molecular weight excluding hydrogens is 290 g/mol. The second kappa shape index (κ2) is 7.13. The third-order valence-electron chi connectivity index (χ3n) is 3.12. The van der Waals surface area contributed by atoms with Crippen molar-refractivity contribution in [2.75, 3.05) is 5.32 Å². The highest BCUT2D eigenvalue weighted by atomic mass is 16.1. The van der Waals surface area contributed by atoms with Crippen molar-refractivity contribution in [1.82, 2.24) is 20.3 Å². The van der Waals surface area contributed by atoms with Crippen LogP contribution >= 0.6 is 0 Å². The van der Waals surface area contributed by atoms with Crippen LogP contribution in [0, 0.1) is 0 Å². The molecule has 1 aromatic carbocycles. The van der Waals surface area contributed by atoms with Gasteiger partial charge < -0.3 is 10.6 Å². The SMILES string of the molecule is O=C(NCc1ccccc1)c1ccnc(Nc2ncccn2)c1. The fourth-order valence-electron chi connectivity index (χ4n) is 2.00. The summed E-state index contributed by atoms with van der Waals surface area (Å²) in [4.78, 5) is 24.5. The minimum atomic E-state index is -0.159. The molecule has 3 aromatic rings. The number of carbonyl (C=O) groups excluding carboxylic acids is 1. The Labute approximate surface area is 133 Å². The lowest BCUT2D eigenvalue weighted by atomic mass is 10.2. The first-order chi connectivity index (χ1) is 11.3. The van der Waals surface area contributed by atoms with E-state index in [1.54, 1.807) is 36.8 Å². The smallest absolute Gasteiger partial charge is 0.251 e. The van der Waals surface area contributed by atoms with Crippen molar-refractivity contribution >= 4 is 17.7 Å². The Morgan fingerprint density at radius 2 is 1.70 bits per heavy atom. The van der Waals surface area contributed by atoms with Gasteiger partial charge in [-0.05, 0) is 23.8 Å². The van der Waals surface area contributed by atoms with E-state index in [1.807, 2.05) is 30.3 Å². The number of hydrogen-bond donors (Lipinski definition) is 2. The third kappa shape index (κ3) is 4.10. The maximum Gasteiger partial charge on any atom is 0.251 e. The van der Waals surface area contributed by atoms with E-state index in [-0.39, 0.29) is 5.91 Å². The molecule has 0 aliphatic carbocycles. The molecule has 2 N–H and O–H groups in total. The van der Waals surface area contributed by atoms with Gasteiger partial charge in [0, 0.05) is 30.7 Å². The van der Waals surface area contributed by atoms with Gasteiger partial charge in [0.15, 0.2) is 0 Å². The number of carbonyl (C=O) groups is 1. The number of anilines is 2. The predicted molar refractivity (Wildman–Crippen MR) is 87.2 cm³/mol. The average molecular weight is 305 g/mol. The molecule has 2 heterocycles. The zero-order chi connectivity index (χ0) is 15.9. The molecule has 0 aliphatic rings. The number of hydrogen-bond acceptors (Lipinski definition) is 5. The topological polar surface area (TPSA) is 79.8 Å². The summed E-state index contributed by atoms with van der Waals surface area (Å²) >= 11 is 0. The highest BCUT2D eigenvalue weighted by Gasteiger charge is 2.07. The van der Waals surface area contributed by atoms with Crippen LogP contribution in [-0.2, 0) is 6.54 Å². The number of benzene rings is 1. The van der Waals surface area contributed by atoms with E-state index in [1.165, 1.54) is 0 Å². The van der Waals surface area contributed by atoms with Gasteiger partial charge in [0.25, 0.3) is 5.91 Å². The number of nitrogens with one attached hydrogen (secondary N) is 2. The standard InChI is InChI=1S/C17H15N5O/c23-16(21-12-13-5-2-1-3-6-13)14-7-10-18-15(11-14)22-17-19-8-4-9-20-17/h1-11H,12H2,(H,21,23)(H,18,19,20,22). The van der Waals surface area contributed by atoms with Crippen LogP contribution in [0.3, 0.4) is 0 Å². The Morgan fingerprint density at radius 1 is 0.913 bits per heavy atom. The van der Waals surface area contributed by atoms with Crippen molar-refractivity contribution in [2.24, 2.45) is 0 Å². The minimum Gasteiger partial charge on any atom is -0.348 e. The summed E-state index contributed by atoms with van der Waals surface area (Å²) in [6.07, 6.45) is 4.83. The molecule has 0 atom stereocenters. The van der Waals surface area contributed by atoms with Crippen LogP contribution in [-0.4, -0.2) is 20.9 Å². The van der Waals surface area contributed by atoms with Crippen LogP contribution in [0.1, 0.15) is 15.9 Å². The van der Waals surface area contributed by atoms with Crippen LogP contribution in [0.4, 0.5) is 11.8 Å². The number of aromatic nitrogens is 3. The van der Waals surface area contributed by atoms with Gasteiger partial charge in [0.2, 0.25) is 5.95 Å². The van der Waals surface area contributed by atoms with Gasteiger partial charge >= 0.3 is 0 Å². The van der Waals surface area contributed by atoms with Crippen LogP contribution < -0.4 is 10.6 Å². The Hall–Kier alpha value is -3.28. The quantitative estimate of drug-likeness (QED) is 0.757. The lowest BCUT2D eigenvalue weighted by Gasteiger charge is -2.07. The van der Waals surface area contributed by atoms with E-state index in [9.17, 15) is 4.79 Å². The maximum atomic E-state index is 12.2. The van der Waals surface area contributed by atoms with Gasteiger partial charge in [-0.25, -0.2) is 15.0 Å². The second-order valence-corrected chi connectivity index (χ2v) is 4.80. The molecule has 0 bridgehead atoms. The van der Waals surface area contributed by atoms with Crippen molar-refractivity contribution in [3.8, 4) is 0 Å². The molecule has 1 amide bonds. The van der Waals surface area contributed by atoms with Gasteiger partial charge in [-0.15, -0.1) is 0 Å². The molecule has 0 fully saturated rings. The summed E-state index contributed by atoms with van der Waals surface area (Å²) in [5.41, 5.74) is 1.57. The van der Waals surface area contributed by atoms with Crippen LogP contribution in [0.25, 0.3) is 0 Å². The fourth-order valence-corrected chi connectivity index (χ4v) is 2.00. The molecule has 3 rings (SSSR count). The van der Waals surface area contributed by atoms with E-state index in [0.29, 0.717) is 23.9 Å². The highest BCUT2D eigenvalue weighted by molar-refractivity contribution is 5.94. The molecule has 23 heavy (non-hydrogen) atoms. The molecule has 6 nitrogen and oxygen atoms in total. The van der Waals surface area contributed by atoms with Crippen molar-refractivity contribution in [3.63, 3.8) is 0 Å². The molecule has 6 heteroatoms. The Morgan fingerprint density at radius 3 is 2.48 bits per heavy atom. The van der Waals surface area contributed by atoms with Gasteiger partial charge in [0.1, 0.15) is 5.82 Å². The predicted octanol–water partition coefficient (Wildman–Crippen LogP) is 2.55. The minimum absolute atomic E-state index is 0.159. The lowest BCUT2D eigenvalue weighted by Crippen LogP contribution is -2.22. The molecule has 0 saturated heterocycles. The van der Waals surface area contributed by atoms with Crippen molar-refractivity contribution < 1.29 is 4.79 Å². The number of rotatable bonds is 5. The van der Waals surface area contributed by atoms with Gasteiger partial charge in [0.05, 0.1) is 0 Å². The first-order valence-corrected chi connectivity index (χ1v) is 7.13. The zero-order valence-corrected chi connectivity index (χ0v) is 12.3. The van der Waals surface area contributed by atoms with Gasteiger partial charge in [-0.3, -0.25) is 4.79 Å². The first kappa shape index (κ1) is 14.6. The Bertz CT molecular complexity index is 777. The van der Waals surface area contributed by atoms with E-state index in [0.717, 1.165) is 5.56 Å². The maximum absolute atomic E-state index is 12.2. The molecule has 0 spiro atoms. The number of nitrogens with zero attached hydrogens (tertiary/aromatic N) is 3. The van der Waals surface area contributed by atoms with Crippen molar-refractivity contribution in [2.45, 2.75) is 6.54 Å². The van der Waals surface area contributed by atoms with Crippen molar-refractivity contribution in [3.05, 3.63) is 78.2 Å². The summed E-state index contributed by atoms with van der Waals surface area (Å²) in [5.74, 6) is 0.790. The molecular formula is C17H15N5O. The number of amides is 1. The summed E-state index contributed by atoms with van der Waals surface area (Å²) in [6, 6.07) is 14.8. The van der Waals surface area contributed by atoms with Crippen LogP contribution in [0.5, 0.6) is 0 Å². The number of pyridine rings is 1. The average Bonchev–Trinajstić information content (AvgIpc) is 2.62. The van der Waals surface area contributed by atoms with Gasteiger partial charge in [-0.2, -0.15) is 0 Å². The largest absolute Gasteiger partial charge is 0.348 e. The Balaban J connectivity index is 1.65. The summed E-state index contributed by atoms with van der Waals surface area (Å²) < 4.78 is 0. The highest BCUT2D eigenvalue weighted by Crippen LogP contribution is 2.11. The fraction of sp³-hybridized carbons (Fsp3) is 0.0588. The molecule has 0 saturated carbocycles. The van der Waals surface area contributed by atoms with Crippen molar-refractivity contribution in [1.29, 1.82) is 0 Å². The molecule has 2 aromatic heterocycles. The summed E-state index contributed by atoms with van der Waals surface area (Å²) in [6.45, 7) is 0.479. The van der Waals surface area contributed by atoms with Gasteiger partial charge in [-0.1, -0.05) is 30.3 Å². The summed E-state index contributed by atoms with van der Waals surface area (Å²) in [5, 5.41) is 5.84. The third-order valence-corrected chi connectivity index (χ3v) is 3.12. The molecule has 0 radical (unpaired) electrons. The lowest BCUT2D eigenvalue weighted by molar-refractivity contribution is 0.0951.